The fourth-order valence-electron chi connectivity index (χ4n) is 2.64. The number of fused-ring (bicyclic) bond motifs is 1. The Morgan fingerprint density at radius 2 is 2.26 bits per heavy atom. The average molecular weight is 260 g/mol. The van der Waals surface area contributed by atoms with Crippen molar-refractivity contribution >= 4 is 17.6 Å². The molecule has 0 saturated carbocycles. The highest BCUT2D eigenvalue weighted by molar-refractivity contribution is 5.86. The number of nitrogens with one attached hydrogen (secondary N) is 2. The molecule has 2 atom stereocenters. The summed E-state index contributed by atoms with van der Waals surface area (Å²) in [7, 11) is 0. The van der Waals surface area contributed by atoms with Crippen molar-refractivity contribution in [3.63, 3.8) is 0 Å². The molecule has 0 aliphatic carbocycles. The first-order chi connectivity index (χ1) is 9.24. The van der Waals surface area contributed by atoms with Crippen molar-refractivity contribution < 1.29 is 14.3 Å². The van der Waals surface area contributed by atoms with Crippen LogP contribution in [0.2, 0.25) is 0 Å². The number of rotatable bonds is 3. The van der Waals surface area contributed by atoms with Crippen molar-refractivity contribution in [2.75, 3.05) is 18.5 Å². The van der Waals surface area contributed by atoms with Gasteiger partial charge in [0.2, 0.25) is 5.91 Å². The molecule has 1 aromatic rings. The lowest BCUT2D eigenvalue weighted by Crippen LogP contribution is -2.38. The summed E-state index contributed by atoms with van der Waals surface area (Å²) >= 11 is 0. The zero-order valence-corrected chi connectivity index (χ0v) is 10.5. The average Bonchev–Trinajstić information content (AvgIpc) is 2.98. The van der Waals surface area contributed by atoms with Crippen molar-refractivity contribution in [2.24, 2.45) is 0 Å². The molecule has 1 amide bonds. The number of hydrogen-bond donors (Lipinski definition) is 2. The molecule has 0 bridgehead atoms. The Morgan fingerprint density at radius 3 is 3.05 bits per heavy atom. The first kappa shape index (κ1) is 12.0. The topological polar surface area (TPSA) is 67.4 Å². The third-order valence-corrected chi connectivity index (χ3v) is 3.64. The van der Waals surface area contributed by atoms with Gasteiger partial charge in [0.1, 0.15) is 6.04 Å². The van der Waals surface area contributed by atoms with Gasteiger partial charge >= 0.3 is 5.97 Å². The maximum Gasteiger partial charge on any atom is 0.328 e. The number of para-hydroxylation sites is 1. The molecule has 2 unspecified atom stereocenters. The molecule has 1 fully saturated rings. The van der Waals surface area contributed by atoms with E-state index in [1.54, 1.807) is 0 Å². The SMILES string of the molecule is O=C(CC1CNc2ccccc21)NC1CCOC1=O. The lowest BCUT2D eigenvalue weighted by atomic mass is 9.97. The predicted molar refractivity (Wildman–Crippen MR) is 69.8 cm³/mol. The minimum Gasteiger partial charge on any atom is -0.464 e. The zero-order valence-electron chi connectivity index (χ0n) is 10.5. The summed E-state index contributed by atoms with van der Waals surface area (Å²) in [5, 5.41) is 6.03. The highest BCUT2D eigenvalue weighted by atomic mass is 16.5. The molecular weight excluding hydrogens is 244 g/mol. The third kappa shape index (κ3) is 2.41. The quantitative estimate of drug-likeness (QED) is 0.796. The second-order valence-electron chi connectivity index (χ2n) is 4.95. The van der Waals surface area contributed by atoms with Gasteiger partial charge in [-0.2, -0.15) is 0 Å². The normalized spacial score (nSPS) is 24.5. The van der Waals surface area contributed by atoms with E-state index in [9.17, 15) is 9.59 Å². The Hall–Kier alpha value is -2.04. The van der Waals surface area contributed by atoms with Crippen LogP contribution in [0.15, 0.2) is 24.3 Å². The van der Waals surface area contributed by atoms with Crippen molar-refractivity contribution in [2.45, 2.75) is 24.8 Å². The summed E-state index contributed by atoms with van der Waals surface area (Å²) in [6, 6.07) is 7.55. The van der Waals surface area contributed by atoms with Gasteiger partial charge < -0.3 is 15.4 Å². The first-order valence-corrected chi connectivity index (χ1v) is 6.53. The second kappa shape index (κ2) is 4.91. The fourth-order valence-corrected chi connectivity index (χ4v) is 2.64. The van der Waals surface area contributed by atoms with Gasteiger partial charge in [-0.3, -0.25) is 4.79 Å². The zero-order chi connectivity index (χ0) is 13.2. The van der Waals surface area contributed by atoms with Crippen LogP contribution >= 0.6 is 0 Å². The molecule has 2 N–H and O–H groups in total. The highest BCUT2D eigenvalue weighted by Crippen LogP contribution is 2.33. The summed E-state index contributed by atoms with van der Waals surface area (Å²) < 4.78 is 4.83. The van der Waals surface area contributed by atoms with E-state index in [-0.39, 0.29) is 17.8 Å². The molecule has 3 rings (SSSR count). The molecule has 2 aliphatic heterocycles. The highest BCUT2D eigenvalue weighted by Gasteiger charge is 2.30. The van der Waals surface area contributed by atoms with Crippen LogP contribution in [0.5, 0.6) is 0 Å². The van der Waals surface area contributed by atoms with Crippen LogP contribution in [0.1, 0.15) is 24.3 Å². The number of ether oxygens (including phenoxy) is 1. The van der Waals surface area contributed by atoms with Gasteiger partial charge in [-0.1, -0.05) is 18.2 Å². The standard InChI is InChI=1S/C14H16N2O3/c17-13(16-12-5-6-19-14(12)18)7-9-8-15-11-4-2-1-3-10(9)11/h1-4,9,12,15H,5-8H2,(H,16,17). The van der Waals surface area contributed by atoms with Crippen molar-refractivity contribution in [3.05, 3.63) is 29.8 Å². The minimum absolute atomic E-state index is 0.0904. The van der Waals surface area contributed by atoms with Gasteiger partial charge in [-0.05, 0) is 11.6 Å². The summed E-state index contributed by atoms with van der Waals surface area (Å²) in [4.78, 5) is 23.3. The second-order valence-corrected chi connectivity index (χ2v) is 4.95. The lowest BCUT2D eigenvalue weighted by Gasteiger charge is -2.12. The Bertz CT molecular complexity index is 515. The van der Waals surface area contributed by atoms with Gasteiger partial charge in [0.25, 0.3) is 0 Å². The number of benzene rings is 1. The van der Waals surface area contributed by atoms with Crippen molar-refractivity contribution in [1.29, 1.82) is 0 Å². The number of cyclic esters (lactones) is 1. The van der Waals surface area contributed by atoms with Crippen LogP contribution in [0.4, 0.5) is 5.69 Å². The van der Waals surface area contributed by atoms with Crippen LogP contribution in [0.3, 0.4) is 0 Å². The van der Waals surface area contributed by atoms with E-state index in [2.05, 4.69) is 10.6 Å². The number of anilines is 1. The lowest BCUT2D eigenvalue weighted by molar-refractivity contribution is -0.141. The molecule has 1 saturated heterocycles. The monoisotopic (exact) mass is 260 g/mol. The molecule has 0 spiro atoms. The minimum atomic E-state index is -0.461. The molecule has 5 heteroatoms. The van der Waals surface area contributed by atoms with E-state index >= 15 is 0 Å². The van der Waals surface area contributed by atoms with Gasteiger partial charge in [-0.25, -0.2) is 4.79 Å². The van der Waals surface area contributed by atoms with Gasteiger partial charge in [-0.15, -0.1) is 0 Å². The predicted octanol–water partition coefficient (Wildman–Crippen LogP) is 1.02. The number of amides is 1. The van der Waals surface area contributed by atoms with Gasteiger partial charge in [0.05, 0.1) is 6.61 Å². The number of esters is 1. The molecule has 2 heterocycles. The number of hydrogen-bond acceptors (Lipinski definition) is 4. The first-order valence-electron chi connectivity index (χ1n) is 6.53. The van der Waals surface area contributed by atoms with Crippen LogP contribution in [0, 0.1) is 0 Å². The third-order valence-electron chi connectivity index (χ3n) is 3.64. The summed E-state index contributed by atoms with van der Waals surface area (Å²) in [5.41, 5.74) is 2.27. The maximum atomic E-state index is 12.0. The summed E-state index contributed by atoms with van der Waals surface area (Å²) in [6.07, 6.45) is 0.970. The number of carbonyl (C=O) groups is 2. The Kier molecular flexibility index (Phi) is 3.11. The van der Waals surface area contributed by atoms with E-state index in [1.807, 2.05) is 24.3 Å². The van der Waals surface area contributed by atoms with Gasteiger partial charge in [0, 0.05) is 31.0 Å². The summed E-state index contributed by atoms with van der Waals surface area (Å²) in [5.74, 6) is -0.237. The molecule has 2 aliphatic rings. The van der Waals surface area contributed by atoms with Gasteiger partial charge in [0.15, 0.2) is 0 Å². The maximum absolute atomic E-state index is 12.0. The fraction of sp³-hybridized carbons (Fsp3) is 0.429. The van der Waals surface area contributed by atoms with Crippen molar-refractivity contribution in [3.8, 4) is 0 Å². The molecule has 5 nitrogen and oxygen atoms in total. The molecule has 19 heavy (non-hydrogen) atoms. The van der Waals surface area contributed by atoms with Crippen LogP contribution in [0.25, 0.3) is 0 Å². The Balaban J connectivity index is 1.60. The molecular formula is C14H16N2O3. The van der Waals surface area contributed by atoms with Crippen molar-refractivity contribution in [1.82, 2.24) is 5.32 Å². The summed E-state index contributed by atoms with van der Waals surface area (Å²) in [6.45, 7) is 1.17. The van der Waals surface area contributed by atoms with E-state index in [4.69, 9.17) is 4.74 Å². The van der Waals surface area contributed by atoms with E-state index in [1.165, 1.54) is 5.56 Å². The molecule has 1 aromatic carbocycles. The van der Waals surface area contributed by atoms with Crippen LogP contribution < -0.4 is 10.6 Å². The Morgan fingerprint density at radius 1 is 1.42 bits per heavy atom. The Labute approximate surface area is 111 Å². The molecule has 0 radical (unpaired) electrons. The van der Waals surface area contributed by atoms with E-state index in [0.29, 0.717) is 19.4 Å². The number of carbonyl (C=O) groups excluding carboxylic acids is 2. The molecule has 100 valence electrons. The van der Waals surface area contributed by atoms with Crippen LogP contribution in [-0.4, -0.2) is 31.1 Å². The van der Waals surface area contributed by atoms with E-state index in [0.717, 1.165) is 12.2 Å². The van der Waals surface area contributed by atoms with E-state index < -0.39 is 6.04 Å². The largest absolute Gasteiger partial charge is 0.464 e. The molecule has 0 aromatic heterocycles. The smallest absolute Gasteiger partial charge is 0.328 e. The van der Waals surface area contributed by atoms with Crippen LogP contribution in [-0.2, 0) is 14.3 Å².